The predicted molar refractivity (Wildman–Crippen MR) is 66.4 cm³/mol. The van der Waals surface area contributed by atoms with Gasteiger partial charge in [-0.2, -0.15) is 0 Å². The first-order valence-corrected chi connectivity index (χ1v) is 6.29. The smallest absolute Gasteiger partial charge is 0.0626 e. The lowest BCUT2D eigenvalue weighted by atomic mass is 9.91. The van der Waals surface area contributed by atoms with E-state index in [1.807, 2.05) is 0 Å². The molecular weight excluding hydrogens is 198 g/mol. The molecule has 0 spiro atoms. The summed E-state index contributed by atoms with van der Waals surface area (Å²) in [4.78, 5) is 0. The summed E-state index contributed by atoms with van der Waals surface area (Å²) in [5.41, 5.74) is 2.55. The maximum Gasteiger partial charge on any atom is 0.0626 e. The average Bonchev–Trinajstić information content (AvgIpc) is 2.28. The predicted octanol–water partition coefficient (Wildman–Crippen LogP) is 2.42. The highest BCUT2D eigenvalue weighted by Crippen LogP contribution is 2.23. The second kappa shape index (κ2) is 5.46. The quantitative estimate of drug-likeness (QED) is 0.797. The fourth-order valence-electron chi connectivity index (χ4n) is 2.10. The fraction of sp³-hybridized carbons (Fsp3) is 0.571. The first-order chi connectivity index (χ1) is 7.83. The highest BCUT2D eigenvalue weighted by Gasteiger charge is 2.21. The average molecular weight is 219 g/mol. The van der Waals surface area contributed by atoms with Crippen molar-refractivity contribution in [2.75, 3.05) is 6.61 Å². The third kappa shape index (κ3) is 2.63. The Balaban J connectivity index is 2.00. The lowest BCUT2D eigenvalue weighted by molar-refractivity contribution is 0.209. The van der Waals surface area contributed by atoms with Crippen molar-refractivity contribution in [1.82, 2.24) is 5.32 Å². The number of aliphatic hydroxyl groups excluding tert-OH is 1. The van der Waals surface area contributed by atoms with Gasteiger partial charge in [0.1, 0.15) is 0 Å². The maximum atomic E-state index is 9.41. The van der Waals surface area contributed by atoms with Crippen LogP contribution in [0, 0.1) is 0 Å². The highest BCUT2D eigenvalue weighted by molar-refractivity contribution is 5.25. The second-order valence-electron chi connectivity index (χ2n) is 4.62. The first kappa shape index (κ1) is 11.6. The summed E-state index contributed by atoms with van der Waals surface area (Å²) in [7, 11) is 0. The Kier molecular flexibility index (Phi) is 3.97. The lowest BCUT2D eigenvalue weighted by Gasteiger charge is -2.31. The third-order valence-corrected chi connectivity index (χ3v) is 3.51. The minimum atomic E-state index is 0.108. The number of rotatable bonds is 5. The van der Waals surface area contributed by atoms with Gasteiger partial charge >= 0.3 is 0 Å². The van der Waals surface area contributed by atoms with E-state index in [-0.39, 0.29) is 12.6 Å². The summed E-state index contributed by atoms with van der Waals surface area (Å²) in [6.07, 6.45) is 4.90. The van der Waals surface area contributed by atoms with Gasteiger partial charge < -0.3 is 10.4 Å². The van der Waals surface area contributed by atoms with Crippen molar-refractivity contribution in [3.05, 3.63) is 35.4 Å². The Morgan fingerprint density at radius 3 is 2.44 bits per heavy atom. The molecule has 0 heterocycles. The number of aryl methyl sites for hydroxylation is 1. The van der Waals surface area contributed by atoms with E-state index in [1.54, 1.807) is 0 Å². The summed E-state index contributed by atoms with van der Waals surface area (Å²) >= 11 is 0. The Morgan fingerprint density at radius 2 is 2.00 bits per heavy atom. The van der Waals surface area contributed by atoms with Crippen LogP contribution in [0.15, 0.2) is 24.3 Å². The molecule has 0 radical (unpaired) electrons. The summed E-state index contributed by atoms with van der Waals surface area (Å²) in [5, 5.41) is 12.9. The Labute approximate surface area is 97.7 Å². The van der Waals surface area contributed by atoms with Crippen LogP contribution < -0.4 is 5.32 Å². The van der Waals surface area contributed by atoms with E-state index in [4.69, 9.17) is 0 Å². The molecule has 0 aromatic heterocycles. The van der Waals surface area contributed by atoms with Crippen LogP contribution in [0.2, 0.25) is 0 Å². The van der Waals surface area contributed by atoms with E-state index < -0.39 is 0 Å². The van der Waals surface area contributed by atoms with Crippen LogP contribution in [-0.2, 0) is 6.42 Å². The van der Waals surface area contributed by atoms with E-state index in [9.17, 15) is 5.11 Å². The Bertz CT molecular complexity index is 316. The molecule has 16 heavy (non-hydrogen) atoms. The molecule has 1 aliphatic rings. The molecule has 0 bridgehead atoms. The normalized spacial score (nSPS) is 18.1. The third-order valence-electron chi connectivity index (χ3n) is 3.51. The molecule has 1 aromatic carbocycles. The molecule has 2 N–H and O–H groups in total. The minimum absolute atomic E-state index is 0.108. The van der Waals surface area contributed by atoms with Crippen molar-refractivity contribution in [1.29, 1.82) is 0 Å². The molecule has 1 atom stereocenters. The zero-order chi connectivity index (χ0) is 11.4. The van der Waals surface area contributed by atoms with Gasteiger partial charge in [0.15, 0.2) is 0 Å². The summed E-state index contributed by atoms with van der Waals surface area (Å²) < 4.78 is 0. The SMILES string of the molecule is CCc1ccc(C(CO)NC2CCC2)cc1. The fourth-order valence-corrected chi connectivity index (χ4v) is 2.10. The first-order valence-electron chi connectivity index (χ1n) is 6.29. The van der Waals surface area contributed by atoms with Gasteiger partial charge in [0.25, 0.3) is 0 Å². The lowest BCUT2D eigenvalue weighted by Crippen LogP contribution is -2.39. The van der Waals surface area contributed by atoms with Crippen molar-refractivity contribution in [3.8, 4) is 0 Å². The molecule has 0 amide bonds. The zero-order valence-corrected chi connectivity index (χ0v) is 9.95. The molecule has 2 nitrogen and oxygen atoms in total. The molecule has 1 aliphatic carbocycles. The minimum Gasteiger partial charge on any atom is -0.394 e. The van der Waals surface area contributed by atoms with Crippen LogP contribution in [0.5, 0.6) is 0 Å². The van der Waals surface area contributed by atoms with Crippen molar-refractivity contribution in [2.24, 2.45) is 0 Å². The van der Waals surface area contributed by atoms with Crippen LogP contribution in [-0.4, -0.2) is 17.8 Å². The van der Waals surface area contributed by atoms with Crippen LogP contribution in [0.25, 0.3) is 0 Å². The Hall–Kier alpha value is -0.860. The standard InChI is InChI=1S/C14H21NO/c1-2-11-6-8-12(9-7-11)14(10-16)15-13-4-3-5-13/h6-9,13-16H,2-5,10H2,1H3. The maximum absolute atomic E-state index is 9.41. The van der Waals surface area contributed by atoms with Gasteiger partial charge in [-0.05, 0) is 30.4 Å². The molecule has 2 heteroatoms. The van der Waals surface area contributed by atoms with Crippen molar-refractivity contribution >= 4 is 0 Å². The second-order valence-corrected chi connectivity index (χ2v) is 4.62. The van der Waals surface area contributed by atoms with Crippen LogP contribution >= 0.6 is 0 Å². The number of nitrogens with one attached hydrogen (secondary N) is 1. The van der Waals surface area contributed by atoms with Crippen LogP contribution in [0.4, 0.5) is 0 Å². The monoisotopic (exact) mass is 219 g/mol. The summed E-state index contributed by atoms with van der Waals surface area (Å²) in [5.74, 6) is 0. The van der Waals surface area contributed by atoms with Crippen LogP contribution in [0.3, 0.4) is 0 Å². The van der Waals surface area contributed by atoms with Crippen molar-refractivity contribution < 1.29 is 5.11 Å². The largest absolute Gasteiger partial charge is 0.394 e. The van der Waals surface area contributed by atoms with Crippen molar-refractivity contribution in [2.45, 2.75) is 44.7 Å². The topological polar surface area (TPSA) is 32.3 Å². The molecule has 88 valence electrons. The zero-order valence-electron chi connectivity index (χ0n) is 9.95. The number of benzene rings is 1. The van der Waals surface area contributed by atoms with E-state index in [2.05, 4.69) is 36.5 Å². The molecule has 0 saturated heterocycles. The van der Waals surface area contributed by atoms with E-state index in [0.29, 0.717) is 6.04 Å². The van der Waals surface area contributed by atoms with Gasteiger partial charge in [-0.1, -0.05) is 37.6 Å². The van der Waals surface area contributed by atoms with Gasteiger partial charge in [-0.15, -0.1) is 0 Å². The molecule has 1 aromatic rings. The molecule has 1 saturated carbocycles. The number of hydrogen-bond acceptors (Lipinski definition) is 2. The number of aliphatic hydroxyl groups is 1. The van der Waals surface area contributed by atoms with E-state index in [1.165, 1.54) is 30.4 Å². The number of hydrogen-bond donors (Lipinski definition) is 2. The van der Waals surface area contributed by atoms with E-state index >= 15 is 0 Å². The molecule has 1 unspecified atom stereocenters. The van der Waals surface area contributed by atoms with Gasteiger partial charge in [-0.25, -0.2) is 0 Å². The van der Waals surface area contributed by atoms with Crippen LogP contribution in [0.1, 0.15) is 43.4 Å². The van der Waals surface area contributed by atoms with Gasteiger partial charge in [0.05, 0.1) is 12.6 Å². The summed E-state index contributed by atoms with van der Waals surface area (Å²) in [6, 6.07) is 9.29. The molecular formula is C14H21NO. The molecule has 0 aliphatic heterocycles. The molecule has 1 fully saturated rings. The van der Waals surface area contributed by atoms with Gasteiger partial charge in [0, 0.05) is 6.04 Å². The van der Waals surface area contributed by atoms with Gasteiger partial charge in [-0.3, -0.25) is 0 Å². The highest BCUT2D eigenvalue weighted by atomic mass is 16.3. The summed E-state index contributed by atoms with van der Waals surface area (Å²) in [6.45, 7) is 2.34. The van der Waals surface area contributed by atoms with Crippen molar-refractivity contribution in [3.63, 3.8) is 0 Å². The molecule has 2 rings (SSSR count). The Morgan fingerprint density at radius 1 is 1.31 bits per heavy atom. The van der Waals surface area contributed by atoms with Gasteiger partial charge in [0.2, 0.25) is 0 Å². The van der Waals surface area contributed by atoms with E-state index in [0.717, 1.165) is 6.42 Å².